The van der Waals surface area contributed by atoms with Gasteiger partial charge < -0.3 is 10.2 Å². The first-order valence-electron chi connectivity index (χ1n) is 8.35. The quantitative estimate of drug-likeness (QED) is 0.893. The van der Waals surface area contributed by atoms with Gasteiger partial charge in [0.1, 0.15) is 5.82 Å². The number of benzene rings is 1. The Morgan fingerprint density at radius 3 is 2.78 bits per heavy atom. The average molecular weight is 341 g/mol. The number of amides is 1. The molecule has 0 saturated carbocycles. The highest BCUT2D eigenvalue weighted by molar-refractivity contribution is 5.85. The van der Waals surface area contributed by atoms with Gasteiger partial charge in [-0.15, -0.1) is 12.4 Å². The van der Waals surface area contributed by atoms with Crippen LogP contribution < -0.4 is 5.32 Å². The van der Waals surface area contributed by atoms with E-state index >= 15 is 0 Å². The molecule has 5 heteroatoms. The Hall–Kier alpha value is -1.13. The predicted octanol–water partition coefficient (Wildman–Crippen LogP) is 3.55. The molecule has 0 spiro atoms. The summed E-state index contributed by atoms with van der Waals surface area (Å²) in [4.78, 5) is 15.0. The first-order valence-corrected chi connectivity index (χ1v) is 8.35. The van der Waals surface area contributed by atoms with Gasteiger partial charge in [0.15, 0.2) is 0 Å². The van der Waals surface area contributed by atoms with E-state index in [9.17, 15) is 9.18 Å². The highest BCUT2D eigenvalue weighted by Gasteiger charge is 2.39. The molecule has 2 aliphatic rings. The van der Waals surface area contributed by atoms with Crippen molar-refractivity contribution in [2.45, 2.75) is 45.2 Å². The van der Waals surface area contributed by atoms with Crippen molar-refractivity contribution in [3.63, 3.8) is 0 Å². The zero-order valence-corrected chi connectivity index (χ0v) is 14.6. The van der Waals surface area contributed by atoms with Crippen molar-refractivity contribution in [2.24, 2.45) is 11.8 Å². The Labute approximate surface area is 144 Å². The predicted molar refractivity (Wildman–Crippen MR) is 92.1 cm³/mol. The average Bonchev–Trinajstić information content (AvgIpc) is 2.88. The largest absolute Gasteiger partial charge is 0.335 e. The van der Waals surface area contributed by atoms with Gasteiger partial charge in [0, 0.05) is 18.5 Å². The van der Waals surface area contributed by atoms with Gasteiger partial charge in [0.2, 0.25) is 5.91 Å². The number of halogens is 2. The number of likely N-dealkylation sites (tertiary alicyclic amines) is 1. The molecule has 2 saturated heterocycles. The van der Waals surface area contributed by atoms with Crippen LogP contribution in [-0.4, -0.2) is 29.9 Å². The maximum absolute atomic E-state index is 13.6. The molecular weight excluding hydrogens is 315 g/mol. The van der Waals surface area contributed by atoms with Crippen molar-refractivity contribution in [3.05, 3.63) is 35.6 Å². The fraction of sp³-hybridized carbons (Fsp3) is 0.611. The highest BCUT2D eigenvalue weighted by atomic mass is 35.5. The lowest BCUT2D eigenvalue weighted by atomic mass is 9.90. The molecule has 2 fully saturated rings. The fourth-order valence-electron chi connectivity index (χ4n) is 3.98. The normalized spacial score (nSPS) is 30.8. The summed E-state index contributed by atoms with van der Waals surface area (Å²) in [7, 11) is 0. The van der Waals surface area contributed by atoms with Gasteiger partial charge in [-0.25, -0.2) is 4.39 Å². The number of hydrogen-bond acceptors (Lipinski definition) is 2. The molecule has 3 rings (SSSR count). The third kappa shape index (κ3) is 3.86. The van der Waals surface area contributed by atoms with E-state index in [4.69, 9.17) is 0 Å². The molecule has 2 aliphatic heterocycles. The van der Waals surface area contributed by atoms with E-state index in [1.165, 1.54) is 6.07 Å². The van der Waals surface area contributed by atoms with Crippen molar-refractivity contribution in [3.8, 4) is 0 Å². The second kappa shape index (κ2) is 7.63. The van der Waals surface area contributed by atoms with Crippen LogP contribution in [-0.2, 0) is 4.79 Å². The van der Waals surface area contributed by atoms with Gasteiger partial charge in [-0.2, -0.15) is 0 Å². The number of carbonyl (C=O) groups is 1. The second-order valence-electron chi connectivity index (χ2n) is 6.87. The molecule has 0 aliphatic carbocycles. The molecule has 3 nitrogen and oxygen atoms in total. The SMILES string of the molecule is CC1CCN(C(=O)[C@H]2CCN[C@@H](C)C2)C1c1cccc(F)c1.Cl. The molecule has 2 heterocycles. The topological polar surface area (TPSA) is 32.3 Å². The fourth-order valence-corrected chi connectivity index (χ4v) is 3.98. The molecule has 23 heavy (non-hydrogen) atoms. The van der Waals surface area contributed by atoms with Crippen LogP contribution in [0.2, 0.25) is 0 Å². The molecule has 4 atom stereocenters. The zero-order chi connectivity index (χ0) is 15.7. The Bertz CT molecular complexity index is 554. The van der Waals surface area contributed by atoms with Crippen molar-refractivity contribution in [1.82, 2.24) is 10.2 Å². The van der Waals surface area contributed by atoms with Crippen LogP contribution in [0, 0.1) is 17.7 Å². The van der Waals surface area contributed by atoms with E-state index in [1.54, 1.807) is 12.1 Å². The van der Waals surface area contributed by atoms with E-state index in [-0.39, 0.29) is 36.1 Å². The Morgan fingerprint density at radius 1 is 1.30 bits per heavy atom. The Balaban J connectivity index is 0.00000192. The van der Waals surface area contributed by atoms with Crippen molar-refractivity contribution in [2.75, 3.05) is 13.1 Å². The minimum absolute atomic E-state index is 0. The first kappa shape index (κ1) is 18.2. The number of carbonyl (C=O) groups excluding carboxylic acids is 1. The molecule has 1 aromatic carbocycles. The van der Waals surface area contributed by atoms with Gasteiger partial charge in [0.05, 0.1) is 6.04 Å². The van der Waals surface area contributed by atoms with Crippen molar-refractivity contribution >= 4 is 18.3 Å². The molecule has 1 N–H and O–H groups in total. The first-order chi connectivity index (χ1) is 10.6. The molecule has 0 aromatic heterocycles. The summed E-state index contributed by atoms with van der Waals surface area (Å²) in [6.45, 7) is 6.00. The number of rotatable bonds is 2. The van der Waals surface area contributed by atoms with Gasteiger partial charge in [-0.3, -0.25) is 4.79 Å². The minimum Gasteiger partial charge on any atom is -0.335 e. The van der Waals surface area contributed by atoms with Crippen LogP contribution in [0.15, 0.2) is 24.3 Å². The Morgan fingerprint density at radius 2 is 2.09 bits per heavy atom. The summed E-state index contributed by atoms with van der Waals surface area (Å²) in [5.74, 6) is 0.522. The zero-order valence-electron chi connectivity index (χ0n) is 13.8. The standard InChI is InChI=1S/C18H25FN2O.ClH/c1-12-7-9-21(17(12)14-4-3-5-16(19)11-14)18(22)15-6-8-20-13(2)10-15;/h3-5,11-13,15,17,20H,6-10H2,1-2H3;1H/t12?,13-,15-,17?;/m0./s1. The van der Waals surface area contributed by atoms with Crippen LogP contribution in [0.3, 0.4) is 0 Å². The monoisotopic (exact) mass is 340 g/mol. The summed E-state index contributed by atoms with van der Waals surface area (Å²) in [6, 6.07) is 7.15. The second-order valence-corrected chi connectivity index (χ2v) is 6.87. The number of nitrogens with zero attached hydrogens (tertiary/aromatic N) is 1. The highest BCUT2D eigenvalue weighted by Crippen LogP contribution is 2.38. The van der Waals surface area contributed by atoms with Crippen molar-refractivity contribution < 1.29 is 9.18 Å². The summed E-state index contributed by atoms with van der Waals surface area (Å²) in [5.41, 5.74) is 0.931. The van der Waals surface area contributed by atoms with Gasteiger partial charge in [-0.05, 0) is 56.3 Å². The smallest absolute Gasteiger partial charge is 0.226 e. The van der Waals surface area contributed by atoms with Crippen molar-refractivity contribution in [1.29, 1.82) is 0 Å². The lowest BCUT2D eigenvalue weighted by Crippen LogP contribution is -2.44. The van der Waals surface area contributed by atoms with Crippen LogP contribution >= 0.6 is 12.4 Å². The third-order valence-corrected chi connectivity index (χ3v) is 5.15. The van der Waals surface area contributed by atoms with E-state index in [0.717, 1.165) is 37.9 Å². The number of nitrogens with one attached hydrogen (secondary N) is 1. The lowest BCUT2D eigenvalue weighted by molar-refractivity contribution is -0.138. The van der Waals surface area contributed by atoms with E-state index in [1.807, 2.05) is 11.0 Å². The molecule has 0 bridgehead atoms. The van der Waals surface area contributed by atoms with Crippen LogP contribution in [0.4, 0.5) is 4.39 Å². The molecule has 1 amide bonds. The van der Waals surface area contributed by atoms with Gasteiger partial charge >= 0.3 is 0 Å². The molecule has 2 unspecified atom stereocenters. The van der Waals surface area contributed by atoms with E-state index in [0.29, 0.717) is 12.0 Å². The summed E-state index contributed by atoms with van der Waals surface area (Å²) in [5, 5.41) is 3.40. The maximum Gasteiger partial charge on any atom is 0.226 e. The molecular formula is C18H26ClFN2O. The number of piperidine rings is 1. The number of hydrogen-bond donors (Lipinski definition) is 1. The Kier molecular flexibility index (Phi) is 6.04. The van der Waals surface area contributed by atoms with E-state index < -0.39 is 0 Å². The summed E-state index contributed by atoms with van der Waals surface area (Å²) >= 11 is 0. The minimum atomic E-state index is -0.223. The molecule has 0 radical (unpaired) electrons. The van der Waals surface area contributed by atoms with Crippen LogP contribution in [0.5, 0.6) is 0 Å². The van der Waals surface area contributed by atoms with Crippen LogP contribution in [0.25, 0.3) is 0 Å². The third-order valence-electron chi connectivity index (χ3n) is 5.15. The van der Waals surface area contributed by atoms with Crippen LogP contribution in [0.1, 0.15) is 44.7 Å². The maximum atomic E-state index is 13.6. The summed E-state index contributed by atoms with van der Waals surface area (Å²) < 4.78 is 13.6. The van der Waals surface area contributed by atoms with E-state index in [2.05, 4.69) is 19.2 Å². The summed E-state index contributed by atoms with van der Waals surface area (Å²) in [6.07, 6.45) is 2.80. The van der Waals surface area contributed by atoms with Gasteiger partial charge in [-0.1, -0.05) is 19.1 Å². The lowest BCUT2D eigenvalue weighted by Gasteiger charge is -2.34. The van der Waals surface area contributed by atoms with Gasteiger partial charge in [0.25, 0.3) is 0 Å². The molecule has 128 valence electrons. The molecule has 1 aromatic rings.